The van der Waals surface area contributed by atoms with Crippen molar-refractivity contribution in [3.63, 3.8) is 0 Å². The van der Waals surface area contributed by atoms with E-state index in [0.29, 0.717) is 19.1 Å². The van der Waals surface area contributed by atoms with Gasteiger partial charge >= 0.3 is 0 Å². The predicted octanol–water partition coefficient (Wildman–Crippen LogP) is 1.39. The van der Waals surface area contributed by atoms with Gasteiger partial charge in [0.1, 0.15) is 0 Å². The van der Waals surface area contributed by atoms with Gasteiger partial charge in [0.05, 0.1) is 13.1 Å². The molecule has 1 amide bonds. The zero-order chi connectivity index (χ0) is 12.1. The molecule has 1 saturated carbocycles. The predicted molar refractivity (Wildman–Crippen MR) is 68.4 cm³/mol. The SMILES string of the molecule is C#CCNCC(=O)N1CCCC1C1CCCC1. The summed E-state index contributed by atoms with van der Waals surface area (Å²) in [6, 6.07) is 0.512. The maximum absolute atomic E-state index is 12.1. The second kappa shape index (κ2) is 6.07. The number of nitrogens with one attached hydrogen (secondary N) is 1. The lowest BCUT2D eigenvalue weighted by molar-refractivity contribution is -0.131. The van der Waals surface area contributed by atoms with Crippen LogP contribution in [0.4, 0.5) is 0 Å². The fraction of sp³-hybridized carbons (Fsp3) is 0.786. The Morgan fingerprint density at radius 3 is 2.76 bits per heavy atom. The van der Waals surface area contributed by atoms with E-state index in [-0.39, 0.29) is 5.91 Å². The van der Waals surface area contributed by atoms with Gasteiger partial charge in [0.25, 0.3) is 0 Å². The van der Waals surface area contributed by atoms with E-state index in [1.165, 1.54) is 38.5 Å². The van der Waals surface area contributed by atoms with Crippen LogP contribution in [-0.2, 0) is 4.79 Å². The highest BCUT2D eigenvalue weighted by atomic mass is 16.2. The molecule has 0 bridgehead atoms. The number of likely N-dealkylation sites (tertiary alicyclic amines) is 1. The molecule has 1 heterocycles. The first-order valence-corrected chi connectivity index (χ1v) is 6.76. The molecule has 17 heavy (non-hydrogen) atoms. The van der Waals surface area contributed by atoms with E-state index in [1.807, 2.05) is 0 Å². The van der Waals surface area contributed by atoms with E-state index in [2.05, 4.69) is 16.1 Å². The summed E-state index contributed by atoms with van der Waals surface area (Å²) in [6.45, 7) is 1.82. The Hall–Kier alpha value is -1.01. The van der Waals surface area contributed by atoms with Crippen molar-refractivity contribution >= 4 is 5.91 Å². The molecule has 0 radical (unpaired) electrons. The van der Waals surface area contributed by atoms with Gasteiger partial charge in [-0.2, -0.15) is 0 Å². The van der Waals surface area contributed by atoms with E-state index in [1.54, 1.807) is 0 Å². The third-order valence-electron chi connectivity index (χ3n) is 4.07. The molecule has 2 aliphatic rings. The Kier molecular flexibility index (Phi) is 4.44. The van der Waals surface area contributed by atoms with Crippen LogP contribution >= 0.6 is 0 Å². The first kappa shape index (κ1) is 12.4. The van der Waals surface area contributed by atoms with Gasteiger partial charge in [0.2, 0.25) is 5.91 Å². The van der Waals surface area contributed by atoms with Gasteiger partial charge in [0.15, 0.2) is 0 Å². The van der Waals surface area contributed by atoms with Gasteiger partial charge in [-0.05, 0) is 31.6 Å². The molecule has 0 aromatic heterocycles. The molecule has 1 unspecified atom stereocenters. The standard InChI is InChI=1S/C14H22N2O/c1-2-9-15-11-14(17)16-10-5-8-13(16)12-6-3-4-7-12/h1,12-13,15H,3-11H2. The molecule has 0 aromatic carbocycles. The summed E-state index contributed by atoms with van der Waals surface area (Å²) < 4.78 is 0. The van der Waals surface area contributed by atoms with Crippen molar-refractivity contribution in [3.8, 4) is 12.3 Å². The normalized spacial score (nSPS) is 25.1. The van der Waals surface area contributed by atoms with Crippen LogP contribution < -0.4 is 5.32 Å². The summed E-state index contributed by atoms with van der Waals surface area (Å²) in [5, 5.41) is 3.00. The van der Waals surface area contributed by atoms with Crippen molar-refractivity contribution in [2.24, 2.45) is 5.92 Å². The van der Waals surface area contributed by atoms with Crippen molar-refractivity contribution in [3.05, 3.63) is 0 Å². The Morgan fingerprint density at radius 2 is 2.06 bits per heavy atom. The minimum Gasteiger partial charge on any atom is -0.338 e. The van der Waals surface area contributed by atoms with Gasteiger partial charge in [-0.15, -0.1) is 6.42 Å². The Morgan fingerprint density at radius 1 is 1.29 bits per heavy atom. The van der Waals surface area contributed by atoms with E-state index < -0.39 is 0 Å². The van der Waals surface area contributed by atoms with Crippen molar-refractivity contribution in [2.75, 3.05) is 19.6 Å². The molecule has 94 valence electrons. The Bertz CT molecular complexity index is 302. The molecule has 1 saturated heterocycles. The number of rotatable bonds is 4. The first-order valence-electron chi connectivity index (χ1n) is 6.76. The van der Waals surface area contributed by atoms with E-state index in [9.17, 15) is 4.79 Å². The van der Waals surface area contributed by atoms with E-state index in [4.69, 9.17) is 6.42 Å². The second-order valence-corrected chi connectivity index (χ2v) is 5.15. The van der Waals surface area contributed by atoms with Crippen LogP contribution in [0, 0.1) is 18.3 Å². The van der Waals surface area contributed by atoms with Crippen molar-refractivity contribution in [2.45, 2.75) is 44.6 Å². The molecule has 2 fully saturated rings. The lowest BCUT2D eigenvalue weighted by Crippen LogP contribution is -2.43. The molecule has 1 atom stereocenters. The smallest absolute Gasteiger partial charge is 0.236 e. The highest BCUT2D eigenvalue weighted by Crippen LogP contribution is 2.35. The largest absolute Gasteiger partial charge is 0.338 e. The fourth-order valence-corrected chi connectivity index (χ4v) is 3.28. The maximum atomic E-state index is 12.1. The number of carbonyl (C=O) groups is 1. The van der Waals surface area contributed by atoms with Gasteiger partial charge < -0.3 is 4.90 Å². The molecular formula is C14H22N2O. The van der Waals surface area contributed by atoms with Gasteiger partial charge in [-0.1, -0.05) is 18.8 Å². The number of carbonyl (C=O) groups excluding carboxylic acids is 1. The van der Waals surface area contributed by atoms with Crippen molar-refractivity contribution < 1.29 is 4.79 Å². The minimum atomic E-state index is 0.231. The van der Waals surface area contributed by atoms with Crippen LogP contribution in [0.1, 0.15) is 38.5 Å². The molecule has 1 aliphatic carbocycles. The Balaban J connectivity index is 1.85. The minimum absolute atomic E-state index is 0.231. The molecule has 2 rings (SSSR count). The van der Waals surface area contributed by atoms with Crippen molar-refractivity contribution in [1.29, 1.82) is 0 Å². The Labute approximate surface area is 104 Å². The molecule has 3 heteroatoms. The molecular weight excluding hydrogens is 212 g/mol. The molecule has 1 N–H and O–H groups in total. The van der Waals surface area contributed by atoms with Crippen LogP contribution in [-0.4, -0.2) is 36.5 Å². The monoisotopic (exact) mass is 234 g/mol. The maximum Gasteiger partial charge on any atom is 0.236 e. The van der Waals surface area contributed by atoms with Gasteiger partial charge in [-0.3, -0.25) is 10.1 Å². The lowest BCUT2D eigenvalue weighted by atomic mass is 9.96. The average molecular weight is 234 g/mol. The van der Waals surface area contributed by atoms with E-state index in [0.717, 1.165) is 12.5 Å². The fourth-order valence-electron chi connectivity index (χ4n) is 3.28. The summed E-state index contributed by atoms with van der Waals surface area (Å²) in [4.78, 5) is 14.2. The van der Waals surface area contributed by atoms with Crippen LogP contribution in [0.25, 0.3) is 0 Å². The summed E-state index contributed by atoms with van der Waals surface area (Å²) >= 11 is 0. The molecule has 3 nitrogen and oxygen atoms in total. The van der Waals surface area contributed by atoms with Crippen LogP contribution in [0.2, 0.25) is 0 Å². The summed E-state index contributed by atoms with van der Waals surface area (Å²) in [5.74, 6) is 3.49. The van der Waals surface area contributed by atoms with E-state index >= 15 is 0 Å². The summed E-state index contributed by atoms with van der Waals surface area (Å²) in [7, 11) is 0. The highest BCUT2D eigenvalue weighted by molar-refractivity contribution is 5.79. The number of terminal acetylenes is 1. The van der Waals surface area contributed by atoms with Gasteiger partial charge in [-0.25, -0.2) is 0 Å². The van der Waals surface area contributed by atoms with Crippen LogP contribution in [0.3, 0.4) is 0 Å². The molecule has 1 aliphatic heterocycles. The summed E-state index contributed by atoms with van der Waals surface area (Å²) in [6.07, 6.45) is 12.8. The van der Waals surface area contributed by atoms with Crippen LogP contribution in [0.15, 0.2) is 0 Å². The lowest BCUT2D eigenvalue weighted by Gasteiger charge is -2.29. The number of hydrogen-bond donors (Lipinski definition) is 1. The third kappa shape index (κ3) is 3.01. The number of nitrogens with zero attached hydrogens (tertiary/aromatic N) is 1. The average Bonchev–Trinajstić information content (AvgIpc) is 2.99. The van der Waals surface area contributed by atoms with Crippen LogP contribution in [0.5, 0.6) is 0 Å². The highest BCUT2D eigenvalue weighted by Gasteiger charge is 2.35. The summed E-state index contributed by atoms with van der Waals surface area (Å²) in [5.41, 5.74) is 0. The molecule has 0 spiro atoms. The quantitative estimate of drug-likeness (QED) is 0.589. The first-order chi connectivity index (χ1) is 8.33. The topological polar surface area (TPSA) is 32.3 Å². The zero-order valence-corrected chi connectivity index (χ0v) is 10.5. The third-order valence-corrected chi connectivity index (χ3v) is 4.07. The molecule has 0 aromatic rings. The second-order valence-electron chi connectivity index (χ2n) is 5.15. The van der Waals surface area contributed by atoms with Crippen molar-refractivity contribution in [1.82, 2.24) is 10.2 Å². The number of amides is 1. The number of hydrogen-bond acceptors (Lipinski definition) is 2. The zero-order valence-electron chi connectivity index (χ0n) is 10.5. The van der Waals surface area contributed by atoms with Gasteiger partial charge in [0, 0.05) is 12.6 Å².